The van der Waals surface area contributed by atoms with Gasteiger partial charge in [0.05, 0.1) is 13.7 Å². The van der Waals surface area contributed by atoms with Crippen LogP contribution in [-0.4, -0.2) is 37.1 Å². The molecule has 0 aliphatic carbocycles. The molecule has 2 N–H and O–H groups in total. The number of hydrogen-bond donors (Lipinski definition) is 2. The van der Waals surface area contributed by atoms with Crippen molar-refractivity contribution < 1.29 is 19.1 Å². The first-order chi connectivity index (χ1) is 11.6. The van der Waals surface area contributed by atoms with Crippen LogP contribution in [0.4, 0.5) is 5.82 Å². The Labute approximate surface area is 143 Å². The van der Waals surface area contributed by atoms with Crippen molar-refractivity contribution in [2.45, 2.75) is 0 Å². The minimum atomic E-state index is -0.417. The van der Waals surface area contributed by atoms with E-state index in [9.17, 15) is 9.59 Å². The molecule has 1 aromatic heterocycles. The molecule has 0 saturated carbocycles. The Morgan fingerprint density at radius 3 is 2.50 bits per heavy atom. The lowest BCUT2D eigenvalue weighted by molar-refractivity contribution is -0.125. The summed E-state index contributed by atoms with van der Waals surface area (Å²) in [6.07, 6.45) is 1.47. The fourth-order valence-corrected chi connectivity index (χ4v) is 1.87. The SMILES string of the molecule is COc1ccc(OCC(=O)NCC(=O)Nc2cc(Cl)ccn2)cc1. The molecule has 126 valence electrons. The number of aromatic nitrogens is 1. The van der Waals surface area contributed by atoms with Crippen molar-refractivity contribution >= 4 is 29.2 Å². The summed E-state index contributed by atoms with van der Waals surface area (Å²) in [6.45, 7) is -0.395. The first kappa shape index (κ1) is 17.6. The van der Waals surface area contributed by atoms with E-state index < -0.39 is 11.8 Å². The molecule has 0 saturated heterocycles. The first-order valence-corrected chi connectivity index (χ1v) is 7.39. The van der Waals surface area contributed by atoms with Gasteiger partial charge in [0.25, 0.3) is 5.91 Å². The Balaban J connectivity index is 1.71. The average molecular weight is 350 g/mol. The molecule has 0 aliphatic heterocycles. The number of methoxy groups -OCH3 is 1. The summed E-state index contributed by atoms with van der Waals surface area (Å²) in [5.41, 5.74) is 0. The highest BCUT2D eigenvalue weighted by Gasteiger charge is 2.08. The highest BCUT2D eigenvalue weighted by Crippen LogP contribution is 2.16. The number of pyridine rings is 1. The molecular formula is C16H16ClN3O4. The van der Waals surface area contributed by atoms with E-state index in [1.165, 1.54) is 12.3 Å². The van der Waals surface area contributed by atoms with Crippen LogP contribution in [0.15, 0.2) is 42.6 Å². The monoisotopic (exact) mass is 349 g/mol. The molecule has 1 heterocycles. The molecule has 0 radical (unpaired) electrons. The van der Waals surface area contributed by atoms with Gasteiger partial charge in [-0.05, 0) is 36.4 Å². The summed E-state index contributed by atoms with van der Waals surface area (Å²) in [4.78, 5) is 27.3. The molecule has 0 bridgehead atoms. The number of nitrogens with one attached hydrogen (secondary N) is 2. The number of benzene rings is 1. The highest BCUT2D eigenvalue weighted by atomic mass is 35.5. The zero-order chi connectivity index (χ0) is 17.4. The van der Waals surface area contributed by atoms with Crippen molar-refractivity contribution in [2.24, 2.45) is 0 Å². The number of carbonyl (C=O) groups is 2. The summed E-state index contributed by atoms with van der Waals surface area (Å²) in [5.74, 6) is 0.704. The third-order valence-corrected chi connectivity index (χ3v) is 3.10. The van der Waals surface area contributed by atoms with Crippen molar-refractivity contribution in [3.8, 4) is 11.5 Å². The zero-order valence-corrected chi connectivity index (χ0v) is 13.7. The molecule has 7 nitrogen and oxygen atoms in total. The van der Waals surface area contributed by atoms with Crippen molar-refractivity contribution in [2.75, 3.05) is 25.6 Å². The number of anilines is 1. The van der Waals surface area contributed by atoms with Crippen LogP contribution in [0, 0.1) is 0 Å². The predicted molar refractivity (Wildman–Crippen MR) is 89.4 cm³/mol. The number of amides is 2. The number of rotatable bonds is 7. The Morgan fingerprint density at radius 2 is 1.83 bits per heavy atom. The Kier molecular flexibility index (Phi) is 6.39. The summed E-state index contributed by atoms with van der Waals surface area (Å²) in [7, 11) is 1.56. The maximum atomic E-state index is 11.7. The average Bonchev–Trinajstić information content (AvgIpc) is 2.58. The van der Waals surface area contributed by atoms with E-state index in [-0.39, 0.29) is 13.2 Å². The van der Waals surface area contributed by atoms with Gasteiger partial charge in [-0.2, -0.15) is 0 Å². The summed E-state index contributed by atoms with van der Waals surface area (Å²) in [5, 5.41) is 5.43. The first-order valence-electron chi connectivity index (χ1n) is 7.02. The number of halogens is 1. The van der Waals surface area contributed by atoms with E-state index >= 15 is 0 Å². The van der Waals surface area contributed by atoms with Crippen molar-refractivity contribution in [3.05, 3.63) is 47.6 Å². The van der Waals surface area contributed by atoms with Gasteiger partial charge in [-0.25, -0.2) is 4.98 Å². The standard InChI is InChI=1S/C16H16ClN3O4/c1-23-12-2-4-13(5-3-12)24-10-16(22)19-9-15(21)20-14-8-11(17)6-7-18-14/h2-8H,9-10H2,1H3,(H,19,22)(H,18,20,21). The van der Waals surface area contributed by atoms with Crippen LogP contribution in [0.5, 0.6) is 11.5 Å². The third kappa shape index (κ3) is 5.77. The molecule has 0 spiro atoms. The lowest BCUT2D eigenvalue weighted by atomic mass is 10.3. The zero-order valence-electron chi connectivity index (χ0n) is 12.9. The fraction of sp³-hybridized carbons (Fsp3) is 0.188. The van der Waals surface area contributed by atoms with Gasteiger partial charge in [-0.3, -0.25) is 9.59 Å². The van der Waals surface area contributed by atoms with Crippen LogP contribution in [0.2, 0.25) is 5.02 Å². The molecule has 2 amide bonds. The van der Waals surface area contributed by atoms with Crippen LogP contribution >= 0.6 is 11.6 Å². The van der Waals surface area contributed by atoms with Crippen molar-refractivity contribution in [1.82, 2.24) is 10.3 Å². The molecule has 2 rings (SSSR count). The molecular weight excluding hydrogens is 334 g/mol. The molecule has 1 aromatic carbocycles. The number of nitrogens with zero attached hydrogens (tertiary/aromatic N) is 1. The van der Waals surface area contributed by atoms with Crippen LogP contribution < -0.4 is 20.1 Å². The maximum Gasteiger partial charge on any atom is 0.258 e. The van der Waals surface area contributed by atoms with Crippen LogP contribution in [0.1, 0.15) is 0 Å². The van der Waals surface area contributed by atoms with Gasteiger partial charge >= 0.3 is 0 Å². The van der Waals surface area contributed by atoms with E-state index in [1.54, 1.807) is 37.4 Å². The molecule has 2 aromatic rings. The Hall–Kier alpha value is -2.80. The summed E-state index contributed by atoms with van der Waals surface area (Å²) < 4.78 is 10.3. The fourth-order valence-electron chi connectivity index (χ4n) is 1.71. The molecule has 0 aliphatic rings. The van der Waals surface area contributed by atoms with Gasteiger partial charge < -0.3 is 20.1 Å². The van der Waals surface area contributed by atoms with Crippen LogP contribution in [0.3, 0.4) is 0 Å². The summed E-state index contributed by atoms with van der Waals surface area (Å²) in [6, 6.07) is 9.91. The second-order valence-electron chi connectivity index (χ2n) is 4.65. The third-order valence-electron chi connectivity index (χ3n) is 2.86. The summed E-state index contributed by atoms with van der Waals surface area (Å²) >= 11 is 5.79. The minimum Gasteiger partial charge on any atom is -0.497 e. The van der Waals surface area contributed by atoms with Gasteiger partial charge in [0.1, 0.15) is 17.3 Å². The number of ether oxygens (including phenoxy) is 2. The minimum absolute atomic E-state index is 0.195. The topological polar surface area (TPSA) is 89.5 Å². The maximum absolute atomic E-state index is 11.7. The van der Waals surface area contributed by atoms with Gasteiger partial charge in [-0.1, -0.05) is 11.6 Å². The Bertz CT molecular complexity index is 707. The largest absolute Gasteiger partial charge is 0.497 e. The smallest absolute Gasteiger partial charge is 0.258 e. The van der Waals surface area contributed by atoms with E-state index in [1.807, 2.05) is 0 Å². The number of carbonyl (C=O) groups excluding carboxylic acids is 2. The highest BCUT2D eigenvalue weighted by molar-refractivity contribution is 6.30. The molecule has 0 fully saturated rings. The molecule has 8 heteroatoms. The van der Waals surface area contributed by atoms with E-state index in [4.69, 9.17) is 21.1 Å². The van der Waals surface area contributed by atoms with E-state index in [2.05, 4.69) is 15.6 Å². The predicted octanol–water partition coefficient (Wildman–Crippen LogP) is 1.88. The van der Waals surface area contributed by atoms with Crippen molar-refractivity contribution in [3.63, 3.8) is 0 Å². The van der Waals surface area contributed by atoms with Gasteiger partial charge in [0, 0.05) is 11.2 Å². The normalized spacial score (nSPS) is 9.92. The van der Waals surface area contributed by atoms with Gasteiger partial charge in [-0.15, -0.1) is 0 Å². The van der Waals surface area contributed by atoms with Gasteiger partial charge in [0.2, 0.25) is 5.91 Å². The lowest BCUT2D eigenvalue weighted by Gasteiger charge is -2.08. The van der Waals surface area contributed by atoms with E-state index in [0.717, 1.165) is 0 Å². The quantitative estimate of drug-likeness (QED) is 0.796. The second-order valence-corrected chi connectivity index (χ2v) is 5.08. The Morgan fingerprint density at radius 1 is 1.12 bits per heavy atom. The van der Waals surface area contributed by atoms with Crippen LogP contribution in [-0.2, 0) is 9.59 Å². The second kappa shape index (κ2) is 8.73. The van der Waals surface area contributed by atoms with Gasteiger partial charge in [0.15, 0.2) is 6.61 Å². The molecule has 0 unspecified atom stereocenters. The molecule has 24 heavy (non-hydrogen) atoms. The van der Waals surface area contributed by atoms with E-state index in [0.29, 0.717) is 22.3 Å². The van der Waals surface area contributed by atoms with Crippen LogP contribution in [0.25, 0.3) is 0 Å². The molecule has 0 atom stereocenters. The number of hydrogen-bond acceptors (Lipinski definition) is 5. The van der Waals surface area contributed by atoms with Crippen molar-refractivity contribution in [1.29, 1.82) is 0 Å². The lowest BCUT2D eigenvalue weighted by Crippen LogP contribution is -2.35.